The van der Waals surface area contributed by atoms with E-state index in [1.54, 1.807) is 18.2 Å². The normalized spacial score (nSPS) is 14.6. The molecule has 1 aromatic rings. The first-order chi connectivity index (χ1) is 10.2. The van der Waals surface area contributed by atoms with Crippen LogP contribution < -0.4 is 5.32 Å². The van der Waals surface area contributed by atoms with Crippen molar-refractivity contribution in [2.75, 3.05) is 32.1 Å². The number of carbonyl (C=O) groups excluding carboxylic acids is 2. The number of nitrogens with zero attached hydrogens (tertiary/aromatic N) is 1. The average molecular weight is 290 g/mol. The molecule has 1 heterocycles. The first-order valence-corrected chi connectivity index (χ1v) is 7.41. The van der Waals surface area contributed by atoms with Gasteiger partial charge in [-0.25, -0.2) is 4.79 Å². The number of esters is 1. The van der Waals surface area contributed by atoms with Crippen molar-refractivity contribution in [2.45, 2.75) is 25.7 Å². The molecule has 0 aliphatic carbocycles. The maximum atomic E-state index is 12.0. The third-order valence-corrected chi connectivity index (χ3v) is 3.66. The third-order valence-electron chi connectivity index (χ3n) is 3.66. The van der Waals surface area contributed by atoms with Crippen molar-refractivity contribution in [3.8, 4) is 0 Å². The van der Waals surface area contributed by atoms with Gasteiger partial charge >= 0.3 is 5.97 Å². The zero-order chi connectivity index (χ0) is 15.1. The second-order valence-corrected chi connectivity index (χ2v) is 5.19. The molecule has 5 nitrogen and oxygen atoms in total. The number of likely N-dealkylation sites (tertiary alicyclic amines) is 1. The standard InChI is InChI=1S/C16H22N2O3/c1-21-16(20)13-6-5-7-14(12-13)17-9-8-15(19)18-10-3-2-4-11-18/h5-7,12,17H,2-4,8-11H2,1H3. The van der Waals surface area contributed by atoms with E-state index in [4.69, 9.17) is 0 Å². The van der Waals surface area contributed by atoms with Gasteiger partial charge in [0.15, 0.2) is 0 Å². The highest BCUT2D eigenvalue weighted by atomic mass is 16.5. The lowest BCUT2D eigenvalue weighted by atomic mass is 10.1. The van der Waals surface area contributed by atoms with Gasteiger partial charge in [-0.15, -0.1) is 0 Å². The monoisotopic (exact) mass is 290 g/mol. The largest absolute Gasteiger partial charge is 0.465 e. The van der Waals surface area contributed by atoms with Crippen LogP contribution in [0, 0.1) is 0 Å². The summed E-state index contributed by atoms with van der Waals surface area (Å²) < 4.78 is 4.69. The fourth-order valence-electron chi connectivity index (χ4n) is 2.49. The Labute approximate surface area is 125 Å². The topological polar surface area (TPSA) is 58.6 Å². The van der Waals surface area contributed by atoms with Crippen molar-refractivity contribution in [1.29, 1.82) is 0 Å². The zero-order valence-corrected chi connectivity index (χ0v) is 12.4. The molecule has 114 valence electrons. The third kappa shape index (κ3) is 4.48. The smallest absolute Gasteiger partial charge is 0.337 e. The van der Waals surface area contributed by atoms with Gasteiger partial charge in [0.1, 0.15) is 0 Å². The molecule has 21 heavy (non-hydrogen) atoms. The number of amides is 1. The number of anilines is 1. The molecule has 1 aliphatic heterocycles. The highest BCUT2D eigenvalue weighted by Crippen LogP contribution is 2.13. The summed E-state index contributed by atoms with van der Waals surface area (Å²) >= 11 is 0. The highest BCUT2D eigenvalue weighted by molar-refractivity contribution is 5.90. The number of hydrogen-bond acceptors (Lipinski definition) is 4. The van der Waals surface area contributed by atoms with Gasteiger partial charge < -0.3 is 15.0 Å². The Balaban J connectivity index is 1.80. The van der Waals surface area contributed by atoms with Crippen LogP contribution in [0.4, 0.5) is 5.69 Å². The van der Waals surface area contributed by atoms with Crippen molar-refractivity contribution in [1.82, 2.24) is 4.90 Å². The maximum absolute atomic E-state index is 12.0. The molecule has 5 heteroatoms. The van der Waals surface area contributed by atoms with Crippen LogP contribution in [0.3, 0.4) is 0 Å². The van der Waals surface area contributed by atoms with Gasteiger partial charge in [-0.2, -0.15) is 0 Å². The van der Waals surface area contributed by atoms with Crippen LogP contribution >= 0.6 is 0 Å². The van der Waals surface area contributed by atoms with Crippen LogP contribution in [0.2, 0.25) is 0 Å². The van der Waals surface area contributed by atoms with Gasteiger partial charge in [-0.3, -0.25) is 4.79 Å². The van der Waals surface area contributed by atoms with Crippen LogP contribution in [-0.4, -0.2) is 43.5 Å². The number of carbonyl (C=O) groups is 2. The second-order valence-electron chi connectivity index (χ2n) is 5.19. The molecule has 0 radical (unpaired) electrons. The van der Waals surface area contributed by atoms with Crippen molar-refractivity contribution in [3.63, 3.8) is 0 Å². The maximum Gasteiger partial charge on any atom is 0.337 e. The quantitative estimate of drug-likeness (QED) is 0.845. The van der Waals surface area contributed by atoms with Gasteiger partial charge in [0, 0.05) is 31.7 Å². The Morgan fingerprint density at radius 2 is 2.00 bits per heavy atom. The summed E-state index contributed by atoms with van der Waals surface area (Å²) in [7, 11) is 1.36. The Morgan fingerprint density at radius 3 is 2.71 bits per heavy atom. The van der Waals surface area contributed by atoms with Gasteiger partial charge in [0.05, 0.1) is 12.7 Å². The number of piperidine rings is 1. The summed E-state index contributed by atoms with van der Waals surface area (Å²) in [5.74, 6) is -0.158. The van der Waals surface area contributed by atoms with E-state index in [-0.39, 0.29) is 11.9 Å². The summed E-state index contributed by atoms with van der Waals surface area (Å²) in [6.07, 6.45) is 3.92. The highest BCUT2D eigenvalue weighted by Gasteiger charge is 2.15. The summed E-state index contributed by atoms with van der Waals surface area (Å²) in [5.41, 5.74) is 1.33. The van der Waals surface area contributed by atoms with Crippen LogP contribution in [0.1, 0.15) is 36.0 Å². The summed E-state index contributed by atoms with van der Waals surface area (Å²) in [5, 5.41) is 3.18. The fourth-order valence-corrected chi connectivity index (χ4v) is 2.49. The molecule has 0 spiro atoms. The molecule has 0 saturated carbocycles. The lowest BCUT2D eigenvalue weighted by Gasteiger charge is -2.26. The van der Waals surface area contributed by atoms with E-state index in [1.165, 1.54) is 13.5 Å². The fraction of sp³-hybridized carbons (Fsp3) is 0.500. The lowest BCUT2D eigenvalue weighted by molar-refractivity contribution is -0.131. The first-order valence-electron chi connectivity index (χ1n) is 7.41. The Bertz CT molecular complexity index is 496. The number of nitrogens with one attached hydrogen (secondary N) is 1. The van der Waals surface area contributed by atoms with Crippen molar-refractivity contribution in [3.05, 3.63) is 29.8 Å². The average Bonchev–Trinajstić information content (AvgIpc) is 2.55. The number of benzene rings is 1. The molecule has 2 rings (SSSR count). The van der Waals surface area contributed by atoms with Crippen molar-refractivity contribution < 1.29 is 14.3 Å². The molecule has 0 bridgehead atoms. The Morgan fingerprint density at radius 1 is 1.24 bits per heavy atom. The molecule has 1 amide bonds. The van der Waals surface area contributed by atoms with Gasteiger partial charge in [-0.1, -0.05) is 6.07 Å². The number of hydrogen-bond donors (Lipinski definition) is 1. The Kier molecular flexibility index (Phi) is 5.60. The minimum Gasteiger partial charge on any atom is -0.465 e. The van der Waals surface area contributed by atoms with Crippen LogP contribution in [0.25, 0.3) is 0 Å². The molecular weight excluding hydrogens is 268 g/mol. The van der Waals surface area contributed by atoms with E-state index in [2.05, 4.69) is 10.1 Å². The van der Waals surface area contributed by atoms with E-state index in [9.17, 15) is 9.59 Å². The number of methoxy groups -OCH3 is 1. The predicted molar refractivity (Wildman–Crippen MR) is 81.3 cm³/mol. The lowest BCUT2D eigenvalue weighted by Crippen LogP contribution is -2.36. The van der Waals surface area contributed by atoms with Crippen molar-refractivity contribution in [2.24, 2.45) is 0 Å². The molecule has 1 saturated heterocycles. The molecule has 1 N–H and O–H groups in total. The van der Waals surface area contributed by atoms with E-state index in [0.717, 1.165) is 31.6 Å². The number of ether oxygens (including phenoxy) is 1. The molecule has 0 unspecified atom stereocenters. The van der Waals surface area contributed by atoms with E-state index in [0.29, 0.717) is 18.5 Å². The predicted octanol–water partition coefficient (Wildman–Crippen LogP) is 2.29. The van der Waals surface area contributed by atoms with Crippen molar-refractivity contribution >= 4 is 17.6 Å². The summed E-state index contributed by atoms with van der Waals surface area (Å²) in [6, 6.07) is 7.10. The Hall–Kier alpha value is -2.04. The molecule has 0 atom stereocenters. The SMILES string of the molecule is COC(=O)c1cccc(NCCC(=O)N2CCCCC2)c1. The van der Waals surface area contributed by atoms with Crippen LogP contribution in [0.15, 0.2) is 24.3 Å². The minimum atomic E-state index is -0.358. The first kappa shape index (κ1) is 15.4. The molecule has 1 aromatic carbocycles. The molecule has 0 aromatic heterocycles. The molecule has 1 fully saturated rings. The number of rotatable bonds is 5. The zero-order valence-electron chi connectivity index (χ0n) is 12.4. The van der Waals surface area contributed by atoms with E-state index < -0.39 is 0 Å². The van der Waals surface area contributed by atoms with Gasteiger partial charge in [-0.05, 0) is 37.5 Å². The molecule has 1 aliphatic rings. The van der Waals surface area contributed by atoms with Crippen LogP contribution in [0.5, 0.6) is 0 Å². The summed E-state index contributed by atoms with van der Waals surface area (Å²) in [6.45, 7) is 2.34. The summed E-state index contributed by atoms with van der Waals surface area (Å²) in [4.78, 5) is 25.4. The van der Waals surface area contributed by atoms with Gasteiger partial charge in [0.2, 0.25) is 5.91 Å². The second kappa shape index (κ2) is 7.67. The molecular formula is C16H22N2O3. The van der Waals surface area contributed by atoms with E-state index in [1.807, 2.05) is 11.0 Å². The van der Waals surface area contributed by atoms with Crippen LogP contribution in [-0.2, 0) is 9.53 Å². The minimum absolute atomic E-state index is 0.200. The van der Waals surface area contributed by atoms with E-state index >= 15 is 0 Å². The van der Waals surface area contributed by atoms with Gasteiger partial charge in [0.25, 0.3) is 0 Å².